The third-order valence-corrected chi connectivity index (χ3v) is 3.30. The van der Waals surface area contributed by atoms with E-state index in [4.69, 9.17) is 0 Å². The van der Waals surface area contributed by atoms with Gasteiger partial charge in [-0.15, -0.1) is 0 Å². The molecule has 0 bridgehead atoms. The first-order valence-corrected chi connectivity index (χ1v) is 6.80. The van der Waals surface area contributed by atoms with Crippen LogP contribution in [0.15, 0.2) is 12.1 Å². The standard InChI is InChI=1S/C14H19N5O/c1-3-17-14(20)12-9-16-6-7-19(12)13-11(8-15)5-4-10(2)18-13/h4-5,12,16H,3,6-7,9H2,1-2H3,(H,17,20). The summed E-state index contributed by atoms with van der Waals surface area (Å²) in [5, 5.41) is 15.3. The number of nitrogens with zero attached hydrogens (tertiary/aromatic N) is 3. The van der Waals surface area contributed by atoms with Crippen LogP contribution in [0.1, 0.15) is 18.2 Å². The molecule has 6 heteroatoms. The molecule has 1 aromatic rings. The maximum atomic E-state index is 12.2. The lowest BCUT2D eigenvalue weighted by Gasteiger charge is -2.36. The first kappa shape index (κ1) is 14.3. The summed E-state index contributed by atoms with van der Waals surface area (Å²) in [6.45, 7) is 6.36. The lowest BCUT2D eigenvalue weighted by atomic mass is 10.1. The molecule has 0 radical (unpaired) electrons. The molecular weight excluding hydrogens is 254 g/mol. The van der Waals surface area contributed by atoms with E-state index in [2.05, 4.69) is 21.7 Å². The number of hydrogen-bond donors (Lipinski definition) is 2. The molecule has 0 aromatic carbocycles. The van der Waals surface area contributed by atoms with Crippen molar-refractivity contribution < 1.29 is 4.79 Å². The van der Waals surface area contributed by atoms with Crippen LogP contribution in [0.25, 0.3) is 0 Å². The summed E-state index contributed by atoms with van der Waals surface area (Å²) in [6, 6.07) is 5.40. The molecule has 20 heavy (non-hydrogen) atoms. The summed E-state index contributed by atoms with van der Waals surface area (Å²) in [7, 11) is 0. The van der Waals surface area contributed by atoms with Crippen molar-refractivity contribution in [2.75, 3.05) is 31.1 Å². The van der Waals surface area contributed by atoms with Gasteiger partial charge in [-0.3, -0.25) is 4.79 Å². The molecule has 6 nitrogen and oxygen atoms in total. The Hall–Kier alpha value is -2.13. The Morgan fingerprint density at radius 3 is 3.15 bits per heavy atom. The normalized spacial score (nSPS) is 18.4. The zero-order valence-electron chi connectivity index (χ0n) is 11.8. The van der Waals surface area contributed by atoms with E-state index in [1.807, 2.05) is 24.8 Å². The minimum absolute atomic E-state index is 0.0353. The lowest BCUT2D eigenvalue weighted by Crippen LogP contribution is -2.58. The second kappa shape index (κ2) is 6.35. The van der Waals surface area contributed by atoms with E-state index >= 15 is 0 Å². The molecule has 1 saturated heterocycles. The Bertz CT molecular complexity index is 537. The highest BCUT2D eigenvalue weighted by Crippen LogP contribution is 2.21. The number of pyridine rings is 1. The molecule has 1 unspecified atom stereocenters. The second-order valence-electron chi connectivity index (χ2n) is 4.74. The van der Waals surface area contributed by atoms with Gasteiger partial charge in [-0.2, -0.15) is 5.26 Å². The van der Waals surface area contributed by atoms with E-state index < -0.39 is 0 Å². The number of nitrogens with one attached hydrogen (secondary N) is 2. The number of amides is 1. The predicted molar refractivity (Wildman–Crippen MR) is 76.4 cm³/mol. The molecule has 2 rings (SSSR count). The average molecular weight is 273 g/mol. The highest BCUT2D eigenvalue weighted by atomic mass is 16.2. The van der Waals surface area contributed by atoms with Crippen molar-refractivity contribution in [2.24, 2.45) is 0 Å². The van der Waals surface area contributed by atoms with Gasteiger partial charge in [-0.05, 0) is 26.0 Å². The number of likely N-dealkylation sites (N-methyl/N-ethyl adjacent to an activating group) is 1. The van der Waals surface area contributed by atoms with E-state index in [1.54, 1.807) is 6.07 Å². The van der Waals surface area contributed by atoms with Gasteiger partial charge in [0.15, 0.2) is 0 Å². The van der Waals surface area contributed by atoms with Crippen LogP contribution in [-0.2, 0) is 4.79 Å². The molecule has 1 fully saturated rings. The molecule has 0 spiro atoms. The van der Waals surface area contributed by atoms with Crippen LogP contribution in [0.2, 0.25) is 0 Å². The van der Waals surface area contributed by atoms with Crippen LogP contribution in [0.3, 0.4) is 0 Å². The van der Waals surface area contributed by atoms with Crippen molar-refractivity contribution in [3.05, 3.63) is 23.4 Å². The molecule has 2 N–H and O–H groups in total. The van der Waals surface area contributed by atoms with Crippen molar-refractivity contribution >= 4 is 11.7 Å². The maximum absolute atomic E-state index is 12.2. The first-order valence-electron chi connectivity index (χ1n) is 6.80. The van der Waals surface area contributed by atoms with Crippen LogP contribution >= 0.6 is 0 Å². The van der Waals surface area contributed by atoms with Gasteiger partial charge in [0, 0.05) is 31.9 Å². The number of piperazine rings is 1. The van der Waals surface area contributed by atoms with E-state index in [9.17, 15) is 10.1 Å². The summed E-state index contributed by atoms with van der Waals surface area (Å²) < 4.78 is 0. The Labute approximate surface area is 118 Å². The van der Waals surface area contributed by atoms with Gasteiger partial charge in [0.05, 0.1) is 5.56 Å². The first-order chi connectivity index (χ1) is 9.67. The Kier molecular flexibility index (Phi) is 4.53. The summed E-state index contributed by atoms with van der Waals surface area (Å²) in [6.07, 6.45) is 0. The van der Waals surface area contributed by atoms with Crippen LogP contribution < -0.4 is 15.5 Å². The summed E-state index contributed by atoms with van der Waals surface area (Å²) in [5.74, 6) is 0.567. The number of hydrogen-bond acceptors (Lipinski definition) is 5. The number of rotatable bonds is 3. The smallest absolute Gasteiger partial charge is 0.244 e. The summed E-state index contributed by atoms with van der Waals surface area (Å²) >= 11 is 0. The molecule has 0 saturated carbocycles. The molecular formula is C14H19N5O. The third kappa shape index (κ3) is 2.89. The van der Waals surface area contributed by atoms with E-state index in [1.165, 1.54) is 0 Å². The van der Waals surface area contributed by atoms with Crippen molar-refractivity contribution in [2.45, 2.75) is 19.9 Å². The van der Waals surface area contributed by atoms with Crippen molar-refractivity contribution in [1.29, 1.82) is 5.26 Å². The van der Waals surface area contributed by atoms with Crippen molar-refractivity contribution in [1.82, 2.24) is 15.6 Å². The largest absolute Gasteiger partial charge is 0.355 e. The van der Waals surface area contributed by atoms with Gasteiger partial charge in [-0.1, -0.05) is 0 Å². The number of anilines is 1. The SMILES string of the molecule is CCNC(=O)C1CNCCN1c1nc(C)ccc1C#N. The minimum Gasteiger partial charge on any atom is -0.355 e. The summed E-state index contributed by atoms with van der Waals surface area (Å²) in [4.78, 5) is 18.5. The Morgan fingerprint density at radius 1 is 1.65 bits per heavy atom. The van der Waals surface area contributed by atoms with Gasteiger partial charge in [0.1, 0.15) is 17.9 Å². The van der Waals surface area contributed by atoms with Gasteiger partial charge >= 0.3 is 0 Å². The predicted octanol–water partition coefficient (Wildman–Crippen LogP) is 0.176. The molecule has 1 amide bonds. The number of carbonyl (C=O) groups is 1. The van der Waals surface area contributed by atoms with Crippen LogP contribution in [0.4, 0.5) is 5.82 Å². The molecule has 1 aliphatic rings. The molecule has 1 aliphatic heterocycles. The number of carbonyl (C=O) groups excluding carboxylic acids is 1. The van der Waals surface area contributed by atoms with Crippen LogP contribution in [-0.4, -0.2) is 43.1 Å². The number of aromatic nitrogens is 1. The Balaban J connectivity index is 2.35. The quantitative estimate of drug-likeness (QED) is 0.821. The fourth-order valence-corrected chi connectivity index (χ4v) is 2.33. The van der Waals surface area contributed by atoms with E-state index in [-0.39, 0.29) is 11.9 Å². The molecule has 0 aliphatic carbocycles. The zero-order chi connectivity index (χ0) is 14.5. The molecule has 1 aromatic heterocycles. The third-order valence-electron chi connectivity index (χ3n) is 3.30. The highest BCUT2D eigenvalue weighted by Gasteiger charge is 2.30. The average Bonchev–Trinajstić information content (AvgIpc) is 2.47. The Morgan fingerprint density at radius 2 is 2.45 bits per heavy atom. The topological polar surface area (TPSA) is 81.1 Å². The number of aryl methyl sites for hydroxylation is 1. The number of nitriles is 1. The van der Waals surface area contributed by atoms with Crippen LogP contribution in [0.5, 0.6) is 0 Å². The molecule has 106 valence electrons. The summed E-state index contributed by atoms with van der Waals surface area (Å²) in [5.41, 5.74) is 1.35. The maximum Gasteiger partial charge on any atom is 0.244 e. The van der Waals surface area contributed by atoms with Gasteiger partial charge in [0.25, 0.3) is 0 Å². The monoisotopic (exact) mass is 273 g/mol. The van der Waals surface area contributed by atoms with E-state index in [0.717, 1.165) is 12.2 Å². The fourth-order valence-electron chi connectivity index (χ4n) is 2.33. The van der Waals surface area contributed by atoms with E-state index in [0.29, 0.717) is 31.0 Å². The van der Waals surface area contributed by atoms with Gasteiger partial charge < -0.3 is 15.5 Å². The lowest BCUT2D eigenvalue weighted by molar-refractivity contribution is -0.122. The molecule has 2 heterocycles. The van der Waals surface area contributed by atoms with Gasteiger partial charge in [-0.25, -0.2) is 4.98 Å². The minimum atomic E-state index is -0.329. The second-order valence-corrected chi connectivity index (χ2v) is 4.74. The van der Waals surface area contributed by atoms with Crippen molar-refractivity contribution in [3.8, 4) is 6.07 Å². The van der Waals surface area contributed by atoms with Crippen LogP contribution in [0, 0.1) is 18.3 Å². The highest BCUT2D eigenvalue weighted by molar-refractivity contribution is 5.86. The van der Waals surface area contributed by atoms with Crippen molar-refractivity contribution in [3.63, 3.8) is 0 Å². The zero-order valence-corrected chi connectivity index (χ0v) is 11.8. The fraction of sp³-hybridized carbons (Fsp3) is 0.500. The molecule has 1 atom stereocenters. The van der Waals surface area contributed by atoms with Gasteiger partial charge in [0.2, 0.25) is 5.91 Å².